The molecule has 0 radical (unpaired) electrons. The number of pyridine rings is 1. The van der Waals surface area contributed by atoms with Crippen molar-refractivity contribution in [1.29, 1.82) is 0 Å². The molecule has 4 rings (SSSR count). The topological polar surface area (TPSA) is 87.5 Å². The van der Waals surface area contributed by atoms with E-state index < -0.39 is 10.0 Å². The molecule has 2 aromatic heterocycles. The zero-order valence-corrected chi connectivity index (χ0v) is 19.1. The van der Waals surface area contributed by atoms with Crippen LogP contribution in [0.25, 0.3) is 0 Å². The standard InChI is InChI=1S/C22H31N5O3S/c1-17-7-11-26(12-8-17)21-6-5-18(14-23-21)15-24-22(28)20-13-19(16-25(20)2)31(29,30)27-9-3-4-10-27/h5-6,13-14,16-17H,3-4,7-12,15H2,1-2H3,(H,24,28). The van der Waals surface area contributed by atoms with Gasteiger partial charge in [-0.25, -0.2) is 13.4 Å². The maximum atomic E-state index is 12.8. The minimum atomic E-state index is -3.54. The van der Waals surface area contributed by atoms with Gasteiger partial charge >= 0.3 is 0 Å². The van der Waals surface area contributed by atoms with Crippen molar-refractivity contribution < 1.29 is 13.2 Å². The number of aryl methyl sites for hydroxylation is 1. The quantitative estimate of drug-likeness (QED) is 0.738. The van der Waals surface area contributed by atoms with Crippen molar-refractivity contribution in [3.05, 3.63) is 41.9 Å². The van der Waals surface area contributed by atoms with E-state index in [1.807, 2.05) is 12.1 Å². The molecule has 0 bridgehead atoms. The van der Waals surface area contributed by atoms with Gasteiger partial charge in [-0.05, 0) is 49.3 Å². The number of aromatic nitrogens is 2. The molecular weight excluding hydrogens is 414 g/mol. The summed E-state index contributed by atoms with van der Waals surface area (Å²) in [5.41, 5.74) is 1.23. The van der Waals surface area contributed by atoms with Crippen LogP contribution in [0.5, 0.6) is 0 Å². The lowest BCUT2D eigenvalue weighted by atomic mass is 9.99. The molecule has 2 aliphatic rings. The number of nitrogens with zero attached hydrogens (tertiary/aromatic N) is 4. The van der Waals surface area contributed by atoms with E-state index in [1.165, 1.54) is 29.4 Å². The first-order valence-electron chi connectivity index (χ1n) is 11.0. The third-order valence-electron chi connectivity index (χ3n) is 6.29. The van der Waals surface area contributed by atoms with Crippen LogP contribution in [0.2, 0.25) is 0 Å². The Morgan fingerprint density at radius 3 is 2.52 bits per heavy atom. The molecule has 168 valence electrons. The van der Waals surface area contributed by atoms with E-state index in [1.54, 1.807) is 17.8 Å². The van der Waals surface area contributed by atoms with E-state index in [0.29, 0.717) is 25.3 Å². The Bertz CT molecular complexity index is 1020. The van der Waals surface area contributed by atoms with Gasteiger partial charge in [0.2, 0.25) is 10.0 Å². The number of piperidine rings is 1. The lowest BCUT2D eigenvalue weighted by Gasteiger charge is -2.31. The van der Waals surface area contributed by atoms with Crippen LogP contribution >= 0.6 is 0 Å². The molecule has 1 amide bonds. The second-order valence-corrected chi connectivity index (χ2v) is 10.6. The lowest BCUT2D eigenvalue weighted by Crippen LogP contribution is -2.33. The molecular formula is C22H31N5O3S. The van der Waals surface area contributed by atoms with E-state index >= 15 is 0 Å². The van der Waals surface area contributed by atoms with Gasteiger partial charge in [0.15, 0.2) is 0 Å². The first kappa shape index (κ1) is 21.8. The number of rotatable bonds is 6. The highest BCUT2D eigenvalue weighted by atomic mass is 32.2. The molecule has 0 atom stereocenters. The minimum absolute atomic E-state index is 0.170. The fourth-order valence-electron chi connectivity index (χ4n) is 4.20. The maximum absolute atomic E-state index is 12.8. The van der Waals surface area contributed by atoms with Crippen molar-refractivity contribution in [3.63, 3.8) is 0 Å². The van der Waals surface area contributed by atoms with Crippen LogP contribution in [0, 0.1) is 5.92 Å². The molecule has 0 unspecified atom stereocenters. The zero-order valence-electron chi connectivity index (χ0n) is 18.2. The summed E-state index contributed by atoms with van der Waals surface area (Å²) in [6.07, 6.45) is 7.43. The number of carbonyl (C=O) groups excluding carboxylic acids is 1. The molecule has 2 saturated heterocycles. The molecule has 0 aromatic carbocycles. The van der Waals surface area contributed by atoms with Gasteiger partial charge in [-0.15, -0.1) is 0 Å². The molecule has 8 nitrogen and oxygen atoms in total. The number of carbonyl (C=O) groups is 1. The van der Waals surface area contributed by atoms with Crippen molar-refractivity contribution in [3.8, 4) is 0 Å². The lowest BCUT2D eigenvalue weighted by molar-refractivity contribution is 0.0942. The third-order valence-corrected chi connectivity index (χ3v) is 8.15. The van der Waals surface area contributed by atoms with E-state index in [-0.39, 0.29) is 10.8 Å². The van der Waals surface area contributed by atoms with Gasteiger partial charge < -0.3 is 14.8 Å². The Labute approximate surface area is 184 Å². The fraction of sp³-hybridized carbons (Fsp3) is 0.545. The highest BCUT2D eigenvalue weighted by Crippen LogP contribution is 2.23. The largest absolute Gasteiger partial charge is 0.357 e. The van der Waals surface area contributed by atoms with Crippen LogP contribution in [0.1, 0.15) is 48.7 Å². The van der Waals surface area contributed by atoms with Gasteiger partial charge in [0.1, 0.15) is 16.4 Å². The van der Waals surface area contributed by atoms with E-state index in [4.69, 9.17) is 0 Å². The number of amides is 1. The average molecular weight is 446 g/mol. The predicted octanol–water partition coefficient (Wildman–Crippen LogP) is 2.37. The molecule has 4 heterocycles. The van der Waals surface area contributed by atoms with Crippen LogP contribution in [0.15, 0.2) is 35.5 Å². The van der Waals surface area contributed by atoms with E-state index in [0.717, 1.165) is 43.2 Å². The van der Waals surface area contributed by atoms with Crippen molar-refractivity contribution in [1.82, 2.24) is 19.2 Å². The number of hydrogen-bond donors (Lipinski definition) is 1. The summed E-state index contributed by atoms with van der Waals surface area (Å²) < 4.78 is 28.6. The molecule has 2 fully saturated rings. The number of hydrogen-bond acceptors (Lipinski definition) is 5. The van der Waals surface area contributed by atoms with Crippen LogP contribution in [-0.2, 0) is 23.6 Å². The minimum Gasteiger partial charge on any atom is -0.357 e. The summed E-state index contributed by atoms with van der Waals surface area (Å²) in [6.45, 7) is 5.76. The smallest absolute Gasteiger partial charge is 0.268 e. The molecule has 2 aromatic rings. The Kier molecular flexibility index (Phi) is 6.34. The molecule has 2 aliphatic heterocycles. The second-order valence-electron chi connectivity index (χ2n) is 8.66. The van der Waals surface area contributed by atoms with Crippen LogP contribution < -0.4 is 10.2 Å². The predicted molar refractivity (Wildman–Crippen MR) is 119 cm³/mol. The molecule has 0 spiro atoms. The third kappa shape index (κ3) is 4.77. The number of anilines is 1. The van der Waals surface area contributed by atoms with Gasteiger partial charge in [0.05, 0.1) is 0 Å². The highest BCUT2D eigenvalue weighted by Gasteiger charge is 2.29. The van der Waals surface area contributed by atoms with Crippen LogP contribution in [0.3, 0.4) is 0 Å². The zero-order chi connectivity index (χ0) is 22.0. The van der Waals surface area contributed by atoms with Crippen LogP contribution in [-0.4, -0.2) is 54.4 Å². The van der Waals surface area contributed by atoms with Crippen molar-refractivity contribution >= 4 is 21.7 Å². The van der Waals surface area contributed by atoms with Gasteiger partial charge in [0, 0.05) is 52.2 Å². The van der Waals surface area contributed by atoms with E-state index in [9.17, 15) is 13.2 Å². The van der Waals surface area contributed by atoms with Crippen molar-refractivity contribution in [2.75, 3.05) is 31.1 Å². The summed E-state index contributed by atoms with van der Waals surface area (Å²) in [7, 11) is -1.85. The molecule has 31 heavy (non-hydrogen) atoms. The Balaban J connectivity index is 1.37. The molecule has 1 N–H and O–H groups in total. The highest BCUT2D eigenvalue weighted by molar-refractivity contribution is 7.89. The molecule has 0 aliphatic carbocycles. The van der Waals surface area contributed by atoms with Crippen molar-refractivity contribution in [2.24, 2.45) is 13.0 Å². The van der Waals surface area contributed by atoms with Gasteiger partial charge in [-0.2, -0.15) is 4.31 Å². The van der Waals surface area contributed by atoms with Gasteiger partial charge in [-0.1, -0.05) is 13.0 Å². The van der Waals surface area contributed by atoms with Gasteiger partial charge in [0.25, 0.3) is 5.91 Å². The fourth-order valence-corrected chi connectivity index (χ4v) is 5.79. The Morgan fingerprint density at radius 1 is 1.16 bits per heavy atom. The number of sulfonamides is 1. The molecule has 0 saturated carbocycles. The summed E-state index contributed by atoms with van der Waals surface area (Å²) in [6, 6.07) is 5.44. The summed E-state index contributed by atoms with van der Waals surface area (Å²) in [4.78, 5) is 19.7. The van der Waals surface area contributed by atoms with Gasteiger partial charge in [-0.3, -0.25) is 4.79 Å². The van der Waals surface area contributed by atoms with Crippen molar-refractivity contribution in [2.45, 2.75) is 44.0 Å². The first-order valence-corrected chi connectivity index (χ1v) is 12.4. The monoisotopic (exact) mass is 445 g/mol. The Hall–Kier alpha value is -2.39. The van der Waals surface area contributed by atoms with Crippen LogP contribution in [0.4, 0.5) is 5.82 Å². The van der Waals surface area contributed by atoms with E-state index in [2.05, 4.69) is 22.1 Å². The summed E-state index contributed by atoms with van der Waals surface area (Å²) in [5, 5.41) is 2.87. The average Bonchev–Trinajstić information content (AvgIpc) is 3.44. The summed E-state index contributed by atoms with van der Waals surface area (Å²) in [5.74, 6) is 1.44. The SMILES string of the molecule is CC1CCN(c2ccc(CNC(=O)c3cc(S(=O)(=O)N4CCCC4)cn3C)cn2)CC1. The normalized spacial score (nSPS) is 18.5. The summed E-state index contributed by atoms with van der Waals surface area (Å²) >= 11 is 0. The maximum Gasteiger partial charge on any atom is 0.268 e. The first-order chi connectivity index (χ1) is 14.8. The second kappa shape index (κ2) is 9.00. The molecule has 9 heteroatoms. The number of nitrogens with one attached hydrogen (secondary N) is 1. The Morgan fingerprint density at radius 2 is 1.87 bits per heavy atom.